The van der Waals surface area contributed by atoms with Crippen LogP contribution in [-0.2, 0) is 6.54 Å². The van der Waals surface area contributed by atoms with Crippen molar-refractivity contribution >= 4 is 17.1 Å². The lowest BCUT2D eigenvalue weighted by Gasteiger charge is -2.08. The van der Waals surface area contributed by atoms with E-state index >= 15 is 0 Å². The normalized spacial score (nSPS) is 13.1. The fourth-order valence-corrected chi connectivity index (χ4v) is 1.47. The lowest BCUT2D eigenvalue weighted by molar-refractivity contribution is 0.525. The standard InChI is InChI=1S/C10H16N6O/c1-3-5(2)12-4-6-13-7-8(14-6)15-10(11)16-9(7)17/h5,12H,3-4H2,1-2H3,(H4,11,13,14,15,16,17). The highest BCUT2D eigenvalue weighted by molar-refractivity contribution is 5.70. The number of aromatic nitrogens is 4. The Morgan fingerprint density at radius 1 is 1.41 bits per heavy atom. The van der Waals surface area contributed by atoms with Gasteiger partial charge in [0.05, 0.1) is 6.54 Å². The van der Waals surface area contributed by atoms with Gasteiger partial charge < -0.3 is 16.0 Å². The first-order chi connectivity index (χ1) is 8.10. The van der Waals surface area contributed by atoms with Crippen molar-refractivity contribution in [3.8, 4) is 0 Å². The van der Waals surface area contributed by atoms with Crippen LogP contribution >= 0.6 is 0 Å². The van der Waals surface area contributed by atoms with Crippen LogP contribution in [0.4, 0.5) is 5.95 Å². The van der Waals surface area contributed by atoms with Crippen molar-refractivity contribution in [3.63, 3.8) is 0 Å². The van der Waals surface area contributed by atoms with Gasteiger partial charge in [-0.25, -0.2) is 4.98 Å². The van der Waals surface area contributed by atoms with Crippen molar-refractivity contribution in [1.29, 1.82) is 0 Å². The van der Waals surface area contributed by atoms with E-state index in [1.54, 1.807) is 0 Å². The van der Waals surface area contributed by atoms with E-state index in [1.807, 2.05) is 0 Å². The van der Waals surface area contributed by atoms with E-state index in [0.717, 1.165) is 6.42 Å². The molecule has 0 aromatic carbocycles. The molecule has 0 aliphatic heterocycles. The van der Waals surface area contributed by atoms with Gasteiger partial charge in [-0.3, -0.25) is 9.78 Å². The second kappa shape index (κ2) is 4.54. The molecule has 0 bridgehead atoms. The largest absolute Gasteiger partial charge is 0.369 e. The number of nitrogens with zero attached hydrogens (tertiary/aromatic N) is 2. The van der Waals surface area contributed by atoms with E-state index in [2.05, 4.69) is 39.1 Å². The lowest BCUT2D eigenvalue weighted by Crippen LogP contribution is -2.24. The number of nitrogens with two attached hydrogens (primary N) is 1. The predicted octanol–water partition coefficient (Wildman–Crippen LogP) is 0.117. The molecule has 5 N–H and O–H groups in total. The Morgan fingerprint density at radius 3 is 2.88 bits per heavy atom. The minimum absolute atomic E-state index is 0.0791. The van der Waals surface area contributed by atoms with Crippen LogP contribution in [0.25, 0.3) is 11.2 Å². The number of aromatic amines is 2. The highest BCUT2D eigenvalue weighted by Gasteiger charge is 2.08. The highest BCUT2D eigenvalue weighted by Crippen LogP contribution is 2.04. The number of hydrogen-bond acceptors (Lipinski definition) is 5. The van der Waals surface area contributed by atoms with Crippen molar-refractivity contribution in [3.05, 3.63) is 16.2 Å². The van der Waals surface area contributed by atoms with Gasteiger partial charge in [0.25, 0.3) is 5.56 Å². The third-order valence-corrected chi connectivity index (χ3v) is 2.66. The molecule has 0 aliphatic carbocycles. The molecule has 1 unspecified atom stereocenters. The van der Waals surface area contributed by atoms with Crippen molar-refractivity contribution < 1.29 is 0 Å². The van der Waals surface area contributed by atoms with E-state index in [0.29, 0.717) is 29.6 Å². The molecule has 0 spiro atoms. The summed E-state index contributed by atoms with van der Waals surface area (Å²) < 4.78 is 0. The first-order valence-electron chi connectivity index (χ1n) is 5.58. The first-order valence-corrected chi connectivity index (χ1v) is 5.58. The first kappa shape index (κ1) is 11.6. The van der Waals surface area contributed by atoms with E-state index in [9.17, 15) is 4.79 Å². The van der Waals surface area contributed by atoms with Gasteiger partial charge in [0.2, 0.25) is 5.95 Å². The maximum Gasteiger partial charge on any atom is 0.278 e. The second-order valence-corrected chi connectivity index (χ2v) is 4.02. The Hall–Kier alpha value is -1.89. The van der Waals surface area contributed by atoms with E-state index < -0.39 is 0 Å². The van der Waals surface area contributed by atoms with Gasteiger partial charge in [-0.05, 0) is 13.3 Å². The molecule has 17 heavy (non-hydrogen) atoms. The summed E-state index contributed by atoms with van der Waals surface area (Å²) in [6.45, 7) is 4.76. The van der Waals surface area contributed by atoms with Crippen molar-refractivity contribution in [1.82, 2.24) is 25.3 Å². The van der Waals surface area contributed by atoms with Crippen LogP contribution in [0.1, 0.15) is 26.1 Å². The fraction of sp³-hybridized carbons (Fsp3) is 0.500. The van der Waals surface area contributed by atoms with Crippen LogP contribution in [0.3, 0.4) is 0 Å². The minimum atomic E-state index is -0.296. The van der Waals surface area contributed by atoms with Gasteiger partial charge >= 0.3 is 0 Å². The maximum absolute atomic E-state index is 11.5. The molecule has 0 aliphatic rings. The van der Waals surface area contributed by atoms with Crippen LogP contribution in [0.15, 0.2) is 4.79 Å². The smallest absolute Gasteiger partial charge is 0.278 e. The van der Waals surface area contributed by atoms with Crippen LogP contribution in [0.2, 0.25) is 0 Å². The zero-order valence-electron chi connectivity index (χ0n) is 9.87. The van der Waals surface area contributed by atoms with E-state index in [4.69, 9.17) is 5.73 Å². The average molecular weight is 236 g/mol. The zero-order chi connectivity index (χ0) is 12.4. The third-order valence-electron chi connectivity index (χ3n) is 2.66. The van der Waals surface area contributed by atoms with Crippen LogP contribution in [0, 0.1) is 0 Å². The number of rotatable bonds is 4. The molecule has 1 atom stereocenters. The predicted molar refractivity (Wildman–Crippen MR) is 65.5 cm³/mol. The molecular weight excluding hydrogens is 220 g/mol. The van der Waals surface area contributed by atoms with Crippen LogP contribution < -0.4 is 16.6 Å². The monoisotopic (exact) mass is 236 g/mol. The molecular formula is C10H16N6O. The molecule has 2 rings (SSSR count). The molecule has 2 aromatic heterocycles. The molecule has 0 saturated heterocycles. The summed E-state index contributed by atoms with van der Waals surface area (Å²) >= 11 is 0. The molecule has 2 aromatic rings. The SMILES string of the molecule is CCC(C)NCc1nc2nc(N)[nH]c(=O)c2[nH]1. The summed E-state index contributed by atoms with van der Waals surface area (Å²) in [4.78, 5) is 25.1. The molecule has 0 radical (unpaired) electrons. The Balaban J connectivity index is 2.26. The van der Waals surface area contributed by atoms with E-state index in [1.165, 1.54) is 0 Å². The van der Waals surface area contributed by atoms with Gasteiger partial charge in [-0.2, -0.15) is 4.98 Å². The van der Waals surface area contributed by atoms with Gasteiger partial charge in [0.15, 0.2) is 11.2 Å². The molecule has 0 fully saturated rings. The topological polar surface area (TPSA) is 112 Å². The number of nitrogens with one attached hydrogen (secondary N) is 3. The van der Waals surface area contributed by atoms with Crippen molar-refractivity contribution in [2.45, 2.75) is 32.9 Å². The summed E-state index contributed by atoms with van der Waals surface area (Å²) in [7, 11) is 0. The van der Waals surface area contributed by atoms with Gasteiger partial charge in [0, 0.05) is 6.04 Å². The Morgan fingerprint density at radius 2 is 2.18 bits per heavy atom. The van der Waals surface area contributed by atoms with Gasteiger partial charge in [0.1, 0.15) is 5.82 Å². The molecule has 92 valence electrons. The lowest BCUT2D eigenvalue weighted by atomic mass is 10.2. The minimum Gasteiger partial charge on any atom is -0.369 e. The highest BCUT2D eigenvalue weighted by atomic mass is 16.1. The summed E-state index contributed by atoms with van der Waals surface area (Å²) in [5, 5.41) is 3.28. The Kier molecular flexibility index (Phi) is 3.10. The number of anilines is 1. The van der Waals surface area contributed by atoms with Crippen LogP contribution in [0.5, 0.6) is 0 Å². The molecule has 7 heteroatoms. The Bertz CT molecular complexity index is 572. The van der Waals surface area contributed by atoms with Gasteiger partial charge in [-0.15, -0.1) is 0 Å². The molecule has 2 heterocycles. The molecule has 7 nitrogen and oxygen atoms in total. The summed E-state index contributed by atoms with van der Waals surface area (Å²) in [6, 6.07) is 0.402. The third kappa shape index (κ3) is 2.44. The molecule has 0 amide bonds. The van der Waals surface area contributed by atoms with Crippen molar-refractivity contribution in [2.24, 2.45) is 0 Å². The molecule has 0 saturated carbocycles. The average Bonchev–Trinajstić information content (AvgIpc) is 2.69. The zero-order valence-corrected chi connectivity index (χ0v) is 9.87. The number of H-pyrrole nitrogens is 2. The quantitative estimate of drug-likeness (QED) is 0.602. The number of imidazole rings is 1. The van der Waals surface area contributed by atoms with Crippen molar-refractivity contribution in [2.75, 3.05) is 5.73 Å². The number of hydrogen-bond donors (Lipinski definition) is 4. The Labute approximate surface area is 97.9 Å². The second-order valence-electron chi connectivity index (χ2n) is 4.02. The summed E-state index contributed by atoms with van der Waals surface area (Å²) in [6.07, 6.45) is 1.03. The van der Waals surface area contributed by atoms with Gasteiger partial charge in [-0.1, -0.05) is 6.92 Å². The summed E-state index contributed by atoms with van der Waals surface area (Å²) in [5.74, 6) is 0.763. The van der Waals surface area contributed by atoms with Crippen LogP contribution in [-0.4, -0.2) is 26.0 Å². The maximum atomic E-state index is 11.5. The van der Waals surface area contributed by atoms with E-state index in [-0.39, 0.29) is 11.5 Å². The summed E-state index contributed by atoms with van der Waals surface area (Å²) in [5.41, 5.74) is 5.86. The fourth-order valence-electron chi connectivity index (χ4n) is 1.47. The number of nitrogen functional groups attached to an aromatic ring is 1. The number of fused-ring (bicyclic) bond motifs is 1.